The Labute approximate surface area is 171 Å². The lowest BCUT2D eigenvalue weighted by Crippen LogP contribution is -2.42. The molecule has 1 aromatic carbocycles. The van der Waals surface area contributed by atoms with E-state index in [0.717, 1.165) is 35.3 Å². The van der Waals surface area contributed by atoms with E-state index >= 15 is 0 Å². The van der Waals surface area contributed by atoms with Crippen LogP contribution in [0, 0.1) is 13.8 Å². The monoisotopic (exact) mass is 396 g/mol. The number of aryl methyl sites for hydroxylation is 2. The highest BCUT2D eigenvalue weighted by Crippen LogP contribution is 2.20. The third-order valence-electron chi connectivity index (χ3n) is 5.02. The van der Waals surface area contributed by atoms with E-state index in [1.54, 1.807) is 17.3 Å². The molecule has 1 aliphatic heterocycles. The number of nitrogens with one attached hydrogen (secondary N) is 2. The van der Waals surface area contributed by atoms with Crippen molar-refractivity contribution in [1.29, 1.82) is 0 Å². The summed E-state index contributed by atoms with van der Waals surface area (Å²) >= 11 is 0. The van der Waals surface area contributed by atoms with E-state index in [4.69, 9.17) is 4.74 Å². The summed E-state index contributed by atoms with van der Waals surface area (Å²) in [6, 6.07) is 7.95. The molecule has 7 heteroatoms. The highest BCUT2D eigenvalue weighted by atomic mass is 16.6. The number of hydrogen-bond donors (Lipinski definition) is 2. The molecule has 0 spiro atoms. The number of nitrogens with zero attached hydrogens (tertiary/aromatic N) is 2. The summed E-state index contributed by atoms with van der Waals surface area (Å²) in [5.74, 6) is -0.190. The highest BCUT2D eigenvalue weighted by molar-refractivity contribution is 6.04. The number of likely N-dealkylation sites (tertiary alicyclic amines) is 1. The Balaban J connectivity index is 1.58. The number of ether oxygens (including phenoxy) is 1. The van der Waals surface area contributed by atoms with Crippen LogP contribution in [0.5, 0.6) is 0 Å². The summed E-state index contributed by atoms with van der Waals surface area (Å²) in [5, 5.41) is 6.38. The molecule has 0 aliphatic carbocycles. The van der Waals surface area contributed by atoms with E-state index in [-0.39, 0.29) is 18.0 Å². The van der Waals surface area contributed by atoms with Gasteiger partial charge in [-0.3, -0.25) is 9.78 Å². The largest absolute Gasteiger partial charge is 0.450 e. The van der Waals surface area contributed by atoms with Crippen LogP contribution in [-0.4, -0.2) is 47.6 Å². The smallest absolute Gasteiger partial charge is 0.409 e. The molecular weight excluding hydrogens is 368 g/mol. The number of carbonyl (C=O) groups is 2. The van der Waals surface area contributed by atoms with Gasteiger partial charge >= 0.3 is 6.09 Å². The summed E-state index contributed by atoms with van der Waals surface area (Å²) in [6.07, 6.45) is 4.66. The zero-order valence-electron chi connectivity index (χ0n) is 17.2. The molecule has 2 aromatic rings. The van der Waals surface area contributed by atoms with Crippen molar-refractivity contribution in [3.8, 4) is 0 Å². The van der Waals surface area contributed by atoms with E-state index in [2.05, 4.69) is 15.6 Å². The fraction of sp³-hybridized carbons (Fsp3) is 0.409. The van der Waals surface area contributed by atoms with Crippen LogP contribution in [0.15, 0.2) is 36.7 Å². The van der Waals surface area contributed by atoms with E-state index in [1.807, 2.05) is 45.0 Å². The van der Waals surface area contributed by atoms with E-state index in [1.165, 1.54) is 0 Å². The molecule has 0 atom stereocenters. The summed E-state index contributed by atoms with van der Waals surface area (Å²) in [5.41, 5.74) is 4.27. The van der Waals surface area contributed by atoms with Gasteiger partial charge in [0.1, 0.15) is 0 Å². The third-order valence-corrected chi connectivity index (χ3v) is 5.02. The van der Waals surface area contributed by atoms with Gasteiger partial charge in [0.05, 0.1) is 17.9 Å². The zero-order valence-corrected chi connectivity index (χ0v) is 17.2. The maximum atomic E-state index is 12.6. The van der Waals surface area contributed by atoms with Gasteiger partial charge in [0.2, 0.25) is 0 Å². The molecule has 1 fully saturated rings. The highest BCUT2D eigenvalue weighted by Gasteiger charge is 2.23. The van der Waals surface area contributed by atoms with E-state index in [9.17, 15) is 9.59 Å². The number of benzene rings is 1. The molecule has 0 unspecified atom stereocenters. The lowest BCUT2D eigenvalue weighted by molar-refractivity contribution is 0.0981. The van der Waals surface area contributed by atoms with Crippen LogP contribution in [0.25, 0.3) is 0 Å². The molecule has 1 aliphatic rings. The van der Waals surface area contributed by atoms with Crippen molar-refractivity contribution >= 4 is 23.4 Å². The number of anilines is 2. The average Bonchev–Trinajstić information content (AvgIpc) is 2.71. The second-order valence-corrected chi connectivity index (χ2v) is 7.34. The third kappa shape index (κ3) is 5.47. The van der Waals surface area contributed by atoms with Crippen LogP contribution in [0.3, 0.4) is 0 Å². The number of hydrogen-bond acceptors (Lipinski definition) is 5. The molecule has 0 bridgehead atoms. The Bertz CT molecular complexity index is 876. The van der Waals surface area contributed by atoms with Crippen molar-refractivity contribution in [3.63, 3.8) is 0 Å². The summed E-state index contributed by atoms with van der Waals surface area (Å²) < 4.78 is 5.05. The minimum absolute atomic E-state index is 0.190. The van der Waals surface area contributed by atoms with Gasteiger partial charge in [0, 0.05) is 37.2 Å². The first kappa shape index (κ1) is 20.6. The molecule has 2 amide bonds. The number of piperidine rings is 1. The fourth-order valence-corrected chi connectivity index (χ4v) is 3.45. The topological polar surface area (TPSA) is 83.6 Å². The van der Waals surface area contributed by atoms with E-state index < -0.39 is 0 Å². The maximum Gasteiger partial charge on any atom is 0.409 e. The average molecular weight is 396 g/mol. The van der Waals surface area contributed by atoms with Crippen LogP contribution in [-0.2, 0) is 4.74 Å². The summed E-state index contributed by atoms with van der Waals surface area (Å²) in [4.78, 5) is 30.4. The van der Waals surface area contributed by atoms with Crippen LogP contribution in [0.1, 0.15) is 41.3 Å². The van der Waals surface area contributed by atoms with Gasteiger partial charge in [0.25, 0.3) is 5.91 Å². The number of rotatable bonds is 5. The van der Waals surface area contributed by atoms with Crippen molar-refractivity contribution in [2.24, 2.45) is 0 Å². The van der Waals surface area contributed by atoms with Crippen LogP contribution < -0.4 is 10.6 Å². The Morgan fingerprint density at radius 2 is 1.93 bits per heavy atom. The SMILES string of the molecule is CCOC(=O)N1CCC(Nc2cncc(C(=O)Nc3ccc(C)cc3C)c2)CC1. The number of amides is 2. The van der Waals surface area contributed by atoms with Gasteiger partial charge in [-0.05, 0) is 51.3 Å². The minimum Gasteiger partial charge on any atom is -0.450 e. The molecule has 3 rings (SSSR count). The standard InChI is InChI=1S/C22H28N4O3/c1-4-29-22(28)26-9-7-18(8-10-26)24-19-12-17(13-23-14-19)21(27)25-20-6-5-15(2)11-16(20)3/h5-6,11-14,18,24H,4,7-10H2,1-3H3,(H,25,27). The molecule has 7 nitrogen and oxygen atoms in total. The summed E-state index contributed by atoms with van der Waals surface area (Å²) in [7, 11) is 0. The Morgan fingerprint density at radius 1 is 1.17 bits per heavy atom. The number of pyridine rings is 1. The predicted molar refractivity (Wildman–Crippen MR) is 113 cm³/mol. The molecule has 1 saturated heterocycles. The Kier molecular flexibility index (Phi) is 6.69. The normalized spacial score (nSPS) is 14.4. The van der Waals surface area contributed by atoms with Crippen LogP contribution in [0.4, 0.5) is 16.2 Å². The van der Waals surface area contributed by atoms with Crippen molar-refractivity contribution in [1.82, 2.24) is 9.88 Å². The molecule has 154 valence electrons. The van der Waals surface area contributed by atoms with Gasteiger partial charge in [-0.15, -0.1) is 0 Å². The summed E-state index contributed by atoms with van der Waals surface area (Å²) in [6.45, 7) is 7.49. The van der Waals surface area contributed by atoms with Crippen molar-refractivity contribution < 1.29 is 14.3 Å². The quantitative estimate of drug-likeness (QED) is 0.799. The van der Waals surface area contributed by atoms with Gasteiger partial charge in [-0.2, -0.15) is 0 Å². The molecule has 0 radical (unpaired) electrons. The van der Waals surface area contributed by atoms with Gasteiger partial charge in [0.15, 0.2) is 0 Å². The van der Waals surface area contributed by atoms with Gasteiger partial charge < -0.3 is 20.3 Å². The first-order chi connectivity index (χ1) is 14.0. The number of aromatic nitrogens is 1. The van der Waals surface area contributed by atoms with Gasteiger partial charge in [-0.1, -0.05) is 17.7 Å². The molecule has 2 N–H and O–H groups in total. The molecule has 0 saturated carbocycles. The Hall–Kier alpha value is -3.09. The van der Waals surface area contributed by atoms with Crippen LogP contribution >= 0.6 is 0 Å². The second kappa shape index (κ2) is 9.41. The van der Waals surface area contributed by atoms with Crippen molar-refractivity contribution in [2.75, 3.05) is 30.3 Å². The Morgan fingerprint density at radius 3 is 2.62 bits per heavy atom. The lowest BCUT2D eigenvalue weighted by atomic mass is 10.0. The second-order valence-electron chi connectivity index (χ2n) is 7.34. The molecule has 2 heterocycles. The minimum atomic E-state index is -0.252. The van der Waals surface area contributed by atoms with Crippen molar-refractivity contribution in [2.45, 2.75) is 39.7 Å². The fourth-order valence-electron chi connectivity index (χ4n) is 3.45. The number of carbonyl (C=O) groups excluding carboxylic acids is 2. The van der Waals surface area contributed by atoms with Crippen molar-refractivity contribution in [3.05, 3.63) is 53.3 Å². The zero-order chi connectivity index (χ0) is 20.8. The van der Waals surface area contributed by atoms with Gasteiger partial charge in [-0.25, -0.2) is 4.79 Å². The molecule has 29 heavy (non-hydrogen) atoms. The lowest BCUT2D eigenvalue weighted by Gasteiger charge is -2.32. The first-order valence-electron chi connectivity index (χ1n) is 9.98. The van der Waals surface area contributed by atoms with E-state index in [0.29, 0.717) is 25.3 Å². The maximum absolute atomic E-state index is 12.6. The molecular formula is C22H28N4O3. The predicted octanol–water partition coefficient (Wildman–Crippen LogP) is 3.98. The molecule has 1 aromatic heterocycles. The first-order valence-corrected chi connectivity index (χ1v) is 9.98. The van der Waals surface area contributed by atoms with Crippen LogP contribution in [0.2, 0.25) is 0 Å².